The summed E-state index contributed by atoms with van der Waals surface area (Å²) in [6, 6.07) is 6.30. The fourth-order valence-corrected chi connectivity index (χ4v) is 17.7. The number of hydrogen-bond donors (Lipinski definition) is 0. The zero-order chi connectivity index (χ0) is 92.9. The molecule has 0 amide bonds. The molecular weight excluding hydrogens is 1670 g/mol. The third kappa shape index (κ3) is 82.4. The molecule has 17 heteroatoms. The van der Waals surface area contributed by atoms with Crippen LogP contribution in [-0.4, -0.2) is 114 Å². The Balaban J connectivity index is 0.00000252. The van der Waals surface area contributed by atoms with E-state index in [1.165, 1.54) is 397 Å². The van der Waals surface area contributed by atoms with Crippen LogP contribution in [0.5, 0.6) is 0 Å². The van der Waals surface area contributed by atoms with Crippen molar-refractivity contribution in [2.24, 2.45) is 0 Å². The number of rotatable bonds is 94. The summed E-state index contributed by atoms with van der Waals surface area (Å²) in [7, 11) is -9.65. The standard InChI is InChI=1S/2C56H98O7S.Ca/c2*1-3-5-7-9-11-13-15-17-19-21-23-25-27-29-31-33-35-37-39-41-43-45-49-62-55(57)53-48-47-52(64(59,60)61)51-54(53)56(58)63-50-46-44-42-40-38-36-34-32-30-28-26-24-22-20-18-16-14-12-10-8-6-4-2;/h2*27-30,47-48,51H,3-26,31-46,49-50H2,1-2H3,(H,59,60,61);/q;;+2/p-2/b2*29-27+,30-28+;. The van der Waals surface area contributed by atoms with Crippen molar-refractivity contribution in [3.63, 3.8) is 0 Å². The van der Waals surface area contributed by atoms with Gasteiger partial charge in [-0.05, 0) is 165 Å². The fraction of sp³-hybridized carbons (Fsp3) is 0.786. The minimum absolute atomic E-state index is 0. The van der Waals surface area contributed by atoms with Crippen molar-refractivity contribution < 1.29 is 64.1 Å². The molecule has 129 heavy (non-hydrogen) atoms. The summed E-state index contributed by atoms with van der Waals surface area (Å²) in [5.41, 5.74) is -0.680. The zero-order valence-corrected chi connectivity index (χ0v) is 87.6. The van der Waals surface area contributed by atoms with Gasteiger partial charge in [0.2, 0.25) is 0 Å². The number of hydrogen-bond acceptors (Lipinski definition) is 14. The van der Waals surface area contributed by atoms with E-state index in [-0.39, 0.29) is 86.4 Å². The third-order valence-electron chi connectivity index (χ3n) is 25.0. The molecule has 0 fully saturated rings. The van der Waals surface area contributed by atoms with Crippen molar-refractivity contribution in [3.8, 4) is 0 Å². The summed E-state index contributed by atoms with van der Waals surface area (Å²) in [4.78, 5) is 50.8. The van der Waals surface area contributed by atoms with Gasteiger partial charge in [-0.15, -0.1) is 0 Å². The first-order valence-electron chi connectivity index (χ1n) is 54.1. The average molecular weight is 1870 g/mol. The first kappa shape index (κ1) is 125. The smallest absolute Gasteiger partial charge is 0.744 e. The first-order valence-corrected chi connectivity index (χ1v) is 56.9. The number of carbonyl (C=O) groups is 4. The maximum atomic E-state index is 13.0. The van der Waals surface area contributed by atoms with E-state index in [1.54, 1.807) is 0 Å². The molecule has 0 saturated heterocycles. The Morgan fingerprint density at radius 2 is 0.341 bits per heavy atom. The van der Waals surface area contributed by atoms with E-state index in [9.17, 15) is 45.1 Å². The molecular formula is C112H194CaO14S2. The topological polar surface area (TPSA) is 220 Å². The summed E-state index contributed by atoms with van der Waals surface area (Å²) in [6.45, 7) is 9.82. The molecule has 0 aromatic heterocycles. The molecule has 0 unspecified atom stereocenters. The second-order valence-electron chi connectivity index (χ2n) is 37.1. The molecule has 2 aromatic carbocycles. The van der Waals surface area contributed by atoms with Gasteiger partial charge in [-0.3, -0.25) is 0 Å². The minimum Gasteiger partial charge on any atom is -0.744 e. The molecule has 2 rings (SSSR count). The van der Waals surface area contributed by atoms with E-state index >= 15 is 0 Å². The molecule has 740 valence electrons. The van der Waals surface area contributed by atoms with E-state index in [2.05, 4.69) is 76.3 Å². The molecule has 0 aliphatic carbocycles. The number of carbonyl (C=O) groups excluding carboxylic acids is 4. The van der Waals surface area contributed by atoms with Crippen LogP contribution in [0.1, 0.15) is 583 Å². The normalized spacial score (nSPS) is 11.8. The van der Waals surface area contributed by atoms with Gasteiger partial charge in [0.25, 0.3) is 0 Å². The molecule has 0 heterocycles. The summed E-state index contributed by atoms with van der Waals surface area (Å²) in [5.74, 6) is -3.10. The molecule has 0 atom stereocenters. The van der Waals surface area contributed by atoms with E-state index < -0.39 is 53.9 Å². The van der Waals surface area contributed by atoms with Crippen LogP contribution in [0.25, 0.3) is 0 Å². The number of allylic oxidation sites excluding steroid dienone is 8. The van der Waals surface area contributed by atoms with Gasteiger partial charge in [0.15, 0.2) is 0 Å². The molecule has 2 aromatic rings. The Morgan fingerprint density at radius 1 is 0.209 bits per heavy atom. The van der Waals surface area contributed by atoms with Crippen LogP contribution in [0.15, 0.2) is 94.8 Å². The number of ether oxygens (including phenoxy) is 4. The van der Waals surface area contributed by atoms with Crippen molar-refractivity contribution in [1.82, 2.24) is 0 Å². The van der Waals surface area contributed by atoms with Gasteiger partial charge in [0, 0.05) is 0 Å². The van der Waals surface area contributed by atoms with Crippen LogP contribution in [0.3, 0.4) is 0 Å². The van der Waals surface area contributed by atoms with Gasteiger partial charge in [0.05, 0.1) is 58.5 Å². The SMILES string of the molecule is CCCCCCCCCCCCC/C=C/CCCCCCCCCOC(=O)c1ccc(S(=O)(=O)[O-])cc1C(=O)OCCCCCCCCC/C=C/CCCCCCCCCCCCC.CCCCCCCCCCCCC/C=C/CCCCCCCCCOC(=O)c1ccc(S(=O)(=O)[O-])cc1C(=O)OCCCCCCCCC/C=C/CCCCCCCCCCCCC.[Ca+2]. The minimum atomic E-state index is -4.82. The van der Waals surface area contributed by atoms with Crippen LogP contribution in [0.2, 0.25) is 0 Å². The monoisotopic (exact) mass is 1870 g/mol. The van der Waals surface area contributed by atoms with Crippen LogP contribution < -0.4 is 0 Å². The molecule has 0 saturated carbocycles. The molecule has 0 aliphatic heterocycles. The summed E-state index contributed by atoms with van der Waals surface area (Å²) in [6.07, 6.45) is 119. The third-order valence-corrected chi connectivity index (χ3v) is 26.7. The Labute approximate surface area is 824 Å². The second-order valence-corrected chi connectivity index (χ2v) is 39.9. The zero-order valence-electron chi connectivity index (χ0n) is 83.7. The van der Waals surface area contributed by atoms with Gasteiger partial charge in [0.1, 0.15) is 20.2 Å². The van der Waals surface area contributed by atoms with Gasteiger partial charge in [-0.1, -0.05) is 462 Å². The van der Waals surface area contributed by atoms with E-state index in [0.29, 0.717) is 25.7 Å². The Morgan fingerprint density at radius 3 is 0.488 bits per heavy atom. The second kappa shape index (κ2) is 96.1. The van der Waals surface area contributed by atoms with Gasteiger partial charge >= 0.3 is 61.6 Å². The van der Waals surface area contributed by atoms with Gasteiger partial charge in [-0.2, -0.15) is 0 Å². The Bertz CT molecular complexity index is 3020. The van der Waals surface area contributed by atoms with Crippen LogP contribution >= 0.6 is 0 Å². The average Bonchev–Trinajstić information content (AvgIpc) is 0.812. The van der Waals surface area contributed by atoms with Crippen molar-refractivity contribution in [2.45, 2.75) is 551 Å². The Kier molecular flexibility index (Phi) is 93.3. The van der Waals surface area contributed by atoms with Crippen LogP contribution in [-0.2, 0) is 39.2 Å². The molecule has 0 aliphatic rings. The maximum absolute atomic E-state index is 13.0. The fourth-order valence-electron chi connectivity index (χ4n) is 16.7. The molecule has 0 spiro atoms. The molecule has 0 N–H and O–H groups in total. The van der Waals surface area contributed by atoms with Crippen LogP contribution in [0.4, 0.5) is 0 Å². The van der Waals surface area contributed by atoms with Crippen molar-refractivity contribution in [3.05, 3.63) is 107 Å². The van der Waals surface area contributed by atoms with Crippen molar-refractivity contribution in [1.29, 1.82) is 0 Å². The van der Waals surface area contributed by atoms with E-state index in [4.69, 9.17) is 18.9 Å². The Hall–Kier alpha value is -3.64. The summed E-state index contributed by atoms with van der Waals surface area (Å²) in [5, 5.41) is 0. The van der Waals surface area contributed by atoms with Crippen molar-refractivity contribution >= 4 is 81.9 Å². The predicted octanol–water partition coefficient (Wildman–Crippen LogP) is 34.9. The first-order chi connectivity index (χ1) is 62.6. The van der Waals surface area contributed by atoms with Gasteiger partial charge in [-0.25, -0.2) is 36.0 Å². The molecule has 14 nitrogen and oxygen atoms in total. The van der Waals surface area contributed by atoms with Crippen LogP contribution in [0, 0.1) is 0 Å². The van der Waals surface area contributed by atoms with E-state index in [0.717, 1.165) is 127 Å². The molecule has 0 radical (unpaired) electrons. The maximum Gasteiger partial charge on any atom is 2.00 e. The number of benzene rings is 2. The van der Waals surface area contributed by atoms with Gasteiger partial charge < -0.3 is 28.1 Å². The largest absolute Gasteiger partial charge is 2.00 e. The number of unbranched alkanes of at least 4 members (excludes halogenated alkanes) is 72. The predicted molar refractivity (Wildman–Crippen MR) is 544 cm³/mol. The quantitative estimate of drug-likeness (QED) is 0.0150. The van der Waals surface area contributed by atoms with Crippen molar-refractivity contribution in [2.75, 3.05) is 26.4 Å². The molecule has 0 bridgehead atoms. The summed E-state index contributed by atoms with van der Waals surface area (Å²) >= 11 is 0. The number of esters is 4. The van der Waals surface area contributed by atoms with E-state index in [1.807, 2.05) is 0 Å². The summed E-state index contributed by atoms with van der Waals surface area (Å²) < 4.78 is 92.0.